The van der Waals surface area contributed by atoms with Gasteiger partial charge in [0, 0.05) is 26.1 Å². The maximum Gasteiger partial charge on any atom is 0.331 e. The van der Waals surface area contributed by atoms with Crippen molar-refractivity contribution in [3.05, 3.63) is 23.8 Å². The number of nitrogens with zero attached hydrogens (tertiary/aromatic N) is 1. The number of esters is 1. The van der Waals surface area contributed by atoms with Gasteiger partial charge < -0.3 is 9.64 Å². The van der Waals surface area contributed by atoms with E-state index in [1.54, 1.807) is 31.7 Å². The fourth-order valence-corrected chi connectivity index (χ4v) is 1.78. The highest BCUT2D eigenvalue weighted by Gasteiger charge is 2.13. The molecule has 0 aromatic carbocycles. The van der Waals surface area contributed by atoms with Gasteiger partial charge in [0.25, 0.3) is 0 Å². The van der Waals surface area contributed by atoms with Crippen molar-refractivity contribution in [2.75, 3.05) is 13.1 Å². The summed E-state index contributed by atoms with van der Waals surface area (Å²) in [5.41, 5.74) is 0.952. The van der Waals surface area contributed by atoms with E-state index in [1.165, 1.54) is 6.08 Å². The van der Waals surface area contributed by atoms with Gasteiger partial charge in [-0.1, -0.05) is 18.1 Å². The predicted octanol–water partition coefficient (Wildman–Crippen LogP) is 1.68. The Labute approximate surface area is 114 Å². The fourth-order valence-electron chi connectivity index (χ4n) is 1.78. The molecule has 102 valence electrons. The molecule has 0 radical (unpaired) electrons. The van der Waals surface area contributed by atoms with E-state index < -0.39 is 12.1 Å². The molecule has 0 aromatic rings. The Kier molecular flexibility index (Phi) is 5.87. The van der Waals surface area contributed by atoms with Crippen molar-refractivity contribution >= 4 is 11.9 Å². The monoisotopic (exact) mass is 261 g/mol. The van der Waals surface area contributed by atoms with Crippen molar-refractivity contribution in [2.45, 2.75) is 33.3 Å². The third kappa shape index (κ3) is 5.43. The molecule has 0 saturated carbocycles. The van der Waals surface area contributed by atoms with E-state index >= 15 is 0 Å². The molecule has 1 atom stereocenters. The summed E-state index contributed by atoms with van der Waals surface area (Å²) in [6.07, 6.45) is 5.51. The Bertz CT molecular complexity index is 466. The topological polar surface area (TPSA) is 46.6 Å². The lowest BCUT2D eigenvalue weighted by molar-refractivity contribution is -0.139. The Balaban J connectivity index is 2.51. The number of ether oxygens (including phenoxy) is 1. The van der Waals surface area contributed by atoms with Crippen LogP contribution in [0.15, 0.2) is 23.8 Å². The third-order valence-electron chi connectivity index (χ3n) is 2.70. The Hall–Kier alpha value is -2.02. The average molecular weight is 261 g/mol. The molecule has 1 aliphatic rings. The summed E-state index contributed by atoms with van der Waals surface area (Å²) in [5.74, 6) is 5.06. The normalized spacial score (nSPS) is 16.4. The Morgan fingerprint density at radius 3 is 2.89 bits per heavy atom. The van der Waals surface area contributed by atoms with Gasteiger partial charge in [0.1, 0.15) is 0 Å². The minimum atomic E-state index is -0.420. The molecule has 0 saturated heterocycles. The van der Waals surface area contributed by atoms with E-state index in [0.717, 1.165) is 18.5 Å². The molecule has 0 fully saturated rings. The van der Waals surface area contributed by atoms with Crippen molar-refractivity contribution < 1.29 is 14.3 Å². The molecule has 1 rings (SSSR count). The summed E-state index contributed by atoms with van der Waals surface area (Å²) in [5, 5.41) is 0. The second-order valence-corrected chi connectivity index (χ2v) is 4.32. The Morgan fingerprint density at radius 2 is 2.26 bits per heavy atom. The van der Waals surface area contributed by atoms with Crippen LogP contribution >= 0.6 is 0 Å². The highest BCUT2D eigenvalue weighted by atomic mass is 16.5. The third-order valence-corrected chi connectivity index (χ3v) is 2.70. The SMILES string of the molecule is CC#CC(C)OC(=O)/C=C/C1=CCCN(C(C)=O)C1. The van der Waals surface area contributed by atoms with Gasteiger partial charge in [-0.05, 0) is 25.8 Å². The lowest BCUT2D eigenvalue weighted by Gasteiger charge is -2.24. The van der Waals surface area contributed by atoms with E-state index in [4.69, 9.17) is 4.74 Å². The van der Waals surface area contributed by atoms with Crippen LogP contribution < -0.4 is 0 Å². The van der Waals surface area contributed by atoms with Crippen LogP contribution in [0.5, 0.6) is 0 Å². The second-order valence-electron chi connectivity index (χ2n) is 4.32. The van der Waals surface area contributed by atoms with Crippen molar-refractivity contribution in [1.82, 2.24) is 4.90 Å². The van der Waals surface area contributed by atoms with Crippen LogP contribution in [0.3, 0.4) is 0 Å². The van der Waals surface area contributed by atoms with Gasteiger partial charge in [0.15, 0.2) is 6.10 Å². The number of amides is 1. The first-order chi connectivity index (χ1) is 9.02. The molecule has 19 heavy (non-hydrogen) atoms. The number of carbonyl (C=O) groups is 2. The first-order valence-electron chi connectivity index (χ1n) is 6.28. The van der Waals surface area contributed by atoms with Crippen molar-refractivity contribution in [1.29, 1.82) is 0 Å². The van der Waals surface area contributed by atoms with E-state index in [2.05, 4.69) is 11.8 Å². The van der Waals surface area contributed by atoms with Gasteiger partial charge >= 0.3 is 5.97 Å². The standard InChI is InChI=1S/C15H19NO3/c1-4-6-12(2)19-15(18)9-8-14-7-5-10-16(11-14)13(3)17/h7-9,12H,5,10-11H2,1-3H3/b9-8+. The molecule has 0 aromatic heterocycles. The largest absolute Gasteiger partial charge is 0.446 e. The van der Waals surface area contributed by atoms with E-state index in [1.807, 2.05) is 6.08 Å². The number of carbonyl (C=O) groups excluding carboxylic acids is 2. The molecule has 4 heteroatoms. The van der Waals surface area contributed by atoms with Crippen LogP contribution in [0.1, 0.15) is 27.2 Å². The minimum absolute atomic E-state index is 0.0495. The second kappa shape index (κ2) is 7.42. The molecule has 0 bridgehead atoms. The summed E-state index contributed by atoms with van der Waals surface area (Å²) in [6, 6.07) is 0. The zero-order chi connectivity index (χ0) is 14.3. The molecular weight excluding hydrogens is 242 g/mol. The highest BCUT2D eigenvalue weighted by molar-refractivity contribution is 5.83. The highest BCUT2D eigenvalue weighted by Crippen LogP contribution is 2.11. The first kappa shape index (κ1) is 15.0. The molecule has 1 unspecified atom stereocenters. The van der Waals surface area contributed by atoms with Gasteiger partial charge in [-0.15, -0.1) is 5.92 Å². The quantitative estimate of drug-likeness (QED) is 0.441. The van der Waals surface area contributed by atoms with Crippen LogP contribution in [0, 0.1) is 11.8 Å². The lowest BCUT2D eigenvalue weighted by Crippen LogP contribution is -2.33. The molecule has 1 amide bonds. The maximum atomic E-state index is 11.5. The van der Waals surface area contributed by atoms with E-state index in [-0.39, 0.29) is 5.91 Å². The van der Waals surface area contributed by atoms with Crippen molar-refractivity contribution in [2.24, 2.45) is 0 Å². The Morgan fingerprint density at radius 1 is 1.53 bits per heavy atom. The number of hydrogen-bond acceptors (Lipinski definition) is 3. The minimum Gasteiger partial charge on any atom is -0.446 e. The van der Waals surface area contributed by atoms with Crippen LogP contribution in [-0.2, 0) is 14.3 Å². The van der Waals surface area contributed by atoms with Crippen molar-refractivity contribution in [3.8, 4) is 11.8 Å². The van der Waals surface area contributed by atoms with E-state index in [9.17, 15) is 9.59 Å². The van der Waals surface area contributed by atoms with Crippen LogP contribution in [0.4, 0.5) is 0 Å². The van der Waals surface area contributed by atoms with E-state index in [0.29, 0.717) is 6.54 Å². The first-order valence-corrected chi connectivity index (χ1v) is 6.28. The lowest BCUT2D eigenvalue weighted by atomic mass is 10.1. The smallest absolute Gasteiger partial charge is 0.331 e. The fraction of sp³-hybridized carbons (Fsp3) is 0.467. The molecule has 0 N–H and O–H groups in total. The molecule has 1 heterocycles. The predicted molar refractivity (Wildman–Crippen MR) is 73.1 cm³/mol. The summed E-state index contributed by atoms with van der Waals surface area (Å²) >= 11 is 0. The van der Waals surface area contributed by atoms with Gasteiger partial charge in [0.05, 0.1) is 0 Å². The molecular formula is C15H19NO3. The van der Waals surface area contributed by atoms with Gasteiger partial charge in [-0.2, -0.15) is 0 Å². The number of rotatable bonds is 3. The van der Waals surface area contributed by atoms with Crippen LogP contribution in [0.25, 0.3) is 0 Å². The molecule has 0 aliphatic carbocycles. The average Bonchev–Trinajstić information content (AvgIpc) is 2.37. The van der Waals surface area contributed by atoms with Crippen LogP contribution in [0.2, 0.25) is 0 Å². The summed E-state index contributed by atoms with van der Waals surface area (Å²) in [7, 11) is 0. The zero-order valence-electron chi connectivity index (χ0n) is 11.6. The molecule has 4 nitrogen and oxygen atoms in total. The van der Waals surface area contributed by atoms with Crippen molar-refractivity contribution in [3.63, 3.8) is 0 Å². The maximum absolute atomic E-state index is 11.5. The summed E-state index contributed by atoms with van der Waals surface area (Å²) in [4.78, 5) is 24.5. The van der Waals surface area contributed by atoms with Gasteiger partial charge in [-0.3, -0.25) is 4.79 Å². The van der Waals surface area contributed by atoms with Crippen LogP contribution in [-0.4, -0.2) is 36.0 Å². The van der Waals surface area contributed by atoms with Gasteiger partial charge in [0.2, 0.25) is 5.91 Å². The number of hydrogen-bond donors (Lipinski definition) is 0. The summed E-state index contributed by atoms with van der Waals surface area (Å²) in [6.45, 7) is 6.25. The zero-order valence-corrected chi connectivity index (χ0v) is 11.6. The summed E-state index contributed by atoms with van der Waals surface area (Å²) < 4.78 is 5.05. The molecule has 0 spiro atoms. The van der Waals surface area contributed by atoms with Gasteiger partial charge in [-0.25, -0.2) is 4.79 Å². The molecule has 1 aliphatic heterocycles.